The van der Waals surface area contributed by atoms with Gasteiger partial charge in [0.25, 0.3) is 5.91 Å². The molecule has 0 spiro atoms. The van der Waals surface area contributed by atoms with E-state index in [1.807, 2.05) is 48.5 Å². The summed E-state index contributed by atoms with van der Waals surface area (Å²) in [5, 5.41) is 2.88. The van der Waals surface area contributed by atoms with Gasteiger partial charge in [0.1, 0.15) is 23.9 Å². The number of benzene rings is 3. The predicted octanol–water partition coefficient (Wildman–Crippen LogP) is 4.68. The first-order chi connectivity index (χ1) is 13.7. The Hall–Kier alpha value is -3.47. The average Bonchev–Trinajstić information content (AvgIpc) is 2.74. The van der Waals surface area contributed by atoms with E-state index >= 15 is 0 Å². The predicted molar refractivity (Wildman–Crippen MR) is 109 cm³/mol. The fourth-order valence-corrected chi connectivity index (χ4v) is 2.58. The van der Waals surface area contributed by atoms with E-state index in [0.717, 1.165) is 11.3 Å². The summed E-state index contributed by atoms with van der Waals surface area (Å²) in [5.74, 6) is 1.67. The van der Waals surface area contributed by atoms with Crippen LogP contribution in [0.15, 0.2) is 78.9 Å². The average molecular weight is 377 g/mol. The lowest BCUT2D eigenvalue weighted by atomic mass is 10.2. The van der Waals surface area contributed by atoms with E-state index in [2.05, 4.69) is 5.32 Å². The number of hydrogen-bond acceptors (Lipinski definition) is 4. The highest BCUT2D eigenvalue weighted by atomic mass is 16.5. The van der Waals surface area contributed by atoms with Crippen LogP contribution in [-0.4, -0.2) is 19.1 Å². The summed E-state index contributed by atoms with van der Waals surface area (Å²) in [6.45, 7) is 2.12. The molecule has 0 bridgehead atoms. The van der Waals surface area contributed by atoms with Crippen LogP contribution in [0.4, 0.5) is 5.69 Å². The van der Waals surface area contributed by atoms with Gasteiger partial charge < -0.3 is 19.5 Å². The van der Waals surface area contributed by atoms with Crippen LogP contribution in [0.2, 0.25) is 0 Å². The van der Waals surface area contributed by atoms with E-state index in [1.54, 1.807) is 44.4 Å². The number of para-hydroxylation sites is 2. The minimum absolute atomic E-state index is 0.258. The largest absolute Gasteiger partial charge is 0.497 e. The number of carbonyl (C=O) groups is 1. The molecule has 1 amide bonds. The Morgan fingerprint density at radius 3 is 2.25 bits per heavy atom. The SMILES string of the molecule is COc1ccc(OC(C)C(=O)Nc2ccccc2OCc2ccccc2)cc1. The molecule has 0 heterocycles. The van der Waals surface area contributed by atoms with Crippen LogP contribution >= 0.6 is 0 Å². The maximum atomic E-state index is 12.6. The lowest BCUT2D eigenvalue weighted by Gasteiger charge is -2.17. The molecular weight excluding hydrogens is 354 g/mol. The van der Waals surface area contributed by atoms with Crippen LogP contribution in [0.25, 0.3) is 0 Å². The zero-order chi connectivity index (χ0) is 19.8. The quantitative estimate of drug-likeness (QED) is 0.619. The van der Waals surface area contributed by atoms with Crippen LogP contribution in [0.1, 0.15) is 12.5 Å². The summed E-state index contributed by atoms with van der Waals surface area (Å²) >= 11 is 0. The first-order valence-corrected chi connectivity index (χ1v) is 9.03. The molecule has 0 aliphatic carbocycles. The zero-order valence-electron chi connectivity index (χ0n) is 15.9. The Morgan fingerprint density at radius 1 is 0.893 bits per heavy atom. The number of rotatable bonds is 8. The van der Waals surface area contributed by atoms with Crippen molar-refractivity contribution in [2.45, 2.75) is 19.6 Å². The van der Waals surface area contributed by atoms with Crippen molar-refractivity contribution < 1.29 is 19.0 Å². The molecule has 5 nitrogen and oxygen atoms in total. The van der Waals surface area contributed by atoms with Crippen LogP contribution in [0.5, 0.6) is 17.2 Å². The molecule has 1 N–H and O–H groups in total. The van der Waals surface area contributed by atoms with Crippen molar-refractivity contribution in [2.75, 3.05) is 12.4 Å². The standard InChI is InChI=1S/C23H23NO4/c1-17(28-20-14-12-19(26-2)13-15-20)23(25)24-21-10-6-7-11-22(21)27-16-18-8-4-3-5-9-18/h3-15,17H,16H2,1-2H3,(H,24,25). The number of anilines is 1. The summed E-state index contributed by atoms with van der Waals surface area (Å²) in [7, 11) is 1.60. The Balaban J connectivity index is 1.61. The molecule has 1 atom stereocenters. The molecule has 0 aromatic heterocycles. The number of amides is 1. The van der Waals surface area contributed by atoms with Crippen LogP contribution in [0, 0.1) is 0 Å². The highest BCUT2D eigenvalue weighted by Crippen LogP contribution is 2.25. The van der Waals surface area contributed by atoms with Gasteiger partial charge in [-0.25, -0.2) is 0 Å². The fraction of sp³-hybridized carbons (Fsp3) is 0.174. The molecule has 3 aromatic carbocycles. The van der Waals surface area contributed by atoms with Crippen LogP contribution < -0.4 is 19.5 Å². The maximum Gasteiger partial charge on any atom is 0.265 e. The van der Waals surface area contributed by atoms with E-state index in [4.69, 9.17) is 14.2 Å². The second-order valence-electron chi connectivity index (χ2n) is 6.20. The minimum atomic E-state index is -0.671. The van der Waals surface area contributed by atoms with E-state index in [0.29, 0.717) is 23.8 Å². The summed E-state index contributed by atoms with van der Waals surface area (Å²) in [5.41, 5.74) is 1.66. The molecule has 0 aliphatic rings. The minimum Gasteiger partial charge on any atom is -0.497 e. The van der Waals surface area contributed by atoms with Gasteiger partial charge in [0.05, 0.1) is 12.8 Å². The molecule has 1 unspecified atom stereocenters. The van der Waals surface area contributed by atoms with Crippen molar-refractivity contribution in [3.63, 3.8) is 0 Å². The van der Waals surface area contributed by atoms with Crippen molar-refractivity contribution in [3.05, 3.63) is 84.4 Å². The maximum absolute atomic E-state index is 12.6. The lowest BCUT2D eigenvalue weighted by molar-refractivity contribution is -0.122. The number of carbonyl (C=O) groups excluding carboxylic acids is 1. The number of hydrogen-bond donors (Lipinski definition) is 1. The monoisotopic (exact) mass is 377 g/mol. The third-order valence-corrected chi connectivity index (χ3v) is 4.12. The zero-order valence-corrected chi connectivity index (χ0v) is 15.9. The lowest BCUT2D eigenvalue weighted by Crippen LogP contribution is -2.30. The topological polar surface area (TPSA) is 56.8 Å². The Labute approximate surface area is 164 Å². The normalized spacial score (nSPS) is 11.4. The van der Waals surface area contributed by atoms with Gasteiger partial charge in [0.15, 0.2) is 6.10 Å². The van der Waals surface area contributed by atoms with Gasteiger partial charge in [0.2, 0.25) is 0 Å². The fourth-order valence-electron chi connectivity index (χ4n) is 2.58. The number of methoxy groups -OCH3 is 1. The summed E-state index contributed by atoms with van der Waals surface area (Å²) in [6, 6.07) is 24.3. The van der Waals surface area contributed by atoms with Crippen molar-refractivity contribution in [2.24, 2.45) is 0 Å². The molecule has 0 saturated carbocycles. The molecule has 3 aromatic rings. The third-order valence-electron chi connectivity index (χ3n) is 4.12. The molecule has 0 saturated heterocycles. The van der Waals surface area contributed by atoms with Crippen LogP contribution in [-0.2, 0) is 11.4 Å². The van der Waals surface area contributed by atoms with Gasteiger partial charge in [-0.3, -0.25) is 4.79 Å². The van der Waals surface area contributed by atoms with Gasteiger partial charge in [0, 0.05) is 0 Å². The van der Waals surface area contributed by atoms with Crippen LogP contribution in [0.3, 0.4) is 0 Å². The van der Waals surface area contributed by atoms with Crippen molar-refractivity contribution >= 4 is 11.6 Å². The second-order valence-corrected chi connectivity index (χ2v) is 6.20. The van der Waals surface area contributed by atoms with Gasteiger partial charge in [-0.05, 0) is 48.9 Å². The van der Waals surface area contributed by atoms with E-state index < -0.39 is 6.10 Å². The third kappa shape index (κ3) is 5.27. The number of ether oxygens (including phenoxy) is 3. The first-order valence-electron chi connectivity index (χ1n) is 9.03. The molecule has 5 heteroatoms. The smallest absolute Gasteiger partial charge is 0.265 e. The molecule has 0 aliphatic heterocycles. The molecule has 0 radical (unpaired) electrons. The molecule has 3 rings (SSSR count). The highest BCUT2D eigenvalue weighted by molar-refractivity contribution is 5.95. The van der Waals surface area contributed by atoms with Crippen molar-refractivity contribution in [3.8, 4) is 17.2 Å². The number of nitrogens with one attached hydrogen (secondary N) is 1. The van der Waals surface area contributed by atoms with Crippen molar-refractivity contribution in [1.29, 1.82) is 0 Å². The molecule has 0 fully saturated rings. The Morgan fingerprint density at radius 2 is 1.54 bits per heavy atom. The van der Waals surface area contributed by atoms with E-state index in [1.165, 1.54) is 0 Å². The van der Waals surface area contributed by atoms with E-state index in [9.17, 15) is 4.79 Å². The van der Waals surface area contributed by atoms with Gasteiger partial charge in [-0.1, -0.05) is 42.5 Å². The second kappa shape index (κ2) is 9.46. The van der Waals surface area contributed by atoms with Gasteiger partial charge >= 0.3 is 0 Å². The molecule has 144 valence electrons. The van der Waals surface area contributed by atoms with Gasteiger partial charge in [-0.15, -0.1) is 0 Å². The Kier molecular flexibility index (Phi) is 6.52. The van der Waals surface area contributed by atoms with E-state index in [-0.39, 0.29) is 5.91 Å². The van der Waals surface area contributed by atoms with Crippen molar-refractivity contribution in [1.82, 2.24) is 0 Å². The molecule has 28 heavy (non-hydrogen) atoms. The van der Waals surface area contributed by atoms with Gasteiger partial charge in [-0.2, -0.15) is 0 Å². The molecular formula is C23H23NO4. The highest BCUT2D eigenvalue weighted by Gasteiger charge is 2.17. The summed E-state index contributed by atoms with van der Waals surface area (Å²) < 4.78 is 16.7. The Bertz CT molecular complexity index is 894. The summed E-state index contributed by atoms with van der Waals surface area (Å²) in [4.78, 5) is 12.6. The summed E-state index contributed by atoms with van der Waals surface area (Å²) in [6.07, 6.45) is -0.671. The first kappa shape index (κ1) is 19.3.